The summed E-state index contributed by atoms with van der Waals surface area (Å²) in [5, 5.41) is 15.8. The first kappa shape index (κ1) is 16.7. The number of hydrogen-bond donors (Lipinski definition) is 2. The molecule has 6 heteroatoms. The van der Waals surface area contributed by atoms with E-state index in [0.717, 1.165) is 15.2 Å². The van der Waals surface area contributed by atoms with Crippen molar-refractivity contribution >= 4 is 54.8 Å². The number of phenolic OH excluding ortho intramolecular Hbond substituents is 1. The zero-order valence-corrected chi connectivity index (χ0v) is 15.5. The Kier molecular flexibility index (Phi) is 4.97. The lowest BCUT2D eigenvalue weighted by atomic mass is 10.0. The molecule has 0 aliphatic rings. The van der Waals surface area contributed by atoms with Gasteiger partial charge in [-0.3, -0.25) is 4.79 Å². The Morgan fingerprint density at radius 2 is 1.83 bits per heavy atom. The van der Waals surface area contributed by atoms with Crippen LogP contribution in [0.25, 0.3) is 10.8 Å². The van der Waals surface area contributed by atoms with Crippen LogP contribution in [0.1, 0.15) is 15.9 Å². The van der Waals surface area contributed by atoms with Crippen molar-refractivity contribution < 1.29 is 9.90 Å². The molecule has 0 bridgehead atoms. The minimum Gasteiger partial charge on any atom is -0.506 e. The summed E-state index contributed by atoms with van der Waals surface area (Å²) >= 11 is 6.59. The molecule has 0 aromatic heterocycles. The summed E-state index contributed by atoms with van der Waals surface area (Å²) < 4.78 is 1.33. The summed E-state index contributed by atoms with van der Waals surface area (Å²) in [5.41, 5.74) is 3.52. The van der Waals surface area contributed by atoms with Gasteiger partial charge in [0.2, 0.25) is 0 Å². The molecular weight excluding hydrogens is 436 g/mol. The molecule has 2 N–H and O–H groups in total. The van der Waals surface area contributed by atoms with Crippen LogP contribution in [0.3, 0.4) is 0 Å². The number of aromatic hydroxyl groups is 1. The molecule has 3 aromatic rings. The van der Waals surface area contributed by atoms with Crippen molar-refractivity contribution in [1.29, 1.82) is 0 Å². The number of amides is 1. The van der Waals surface area contributed by atoms with Gasteiger partial charge in [-0.15, -0.1) is 0 Å². The third kappa shape index (κ3) is 3.49. The average molecular weight is 448 g/mol. The van der Waals surface area contributed by atoms with E-state index in [4.69, 9.17) is 0 Å². The molecule has 0 atom stereocenters. The lowest BCUT2D eigenvalue weighted by Gasteiger charge is -2.05. The number of hydrazone groups is 1. The highest BCUT2D eigenvalue weighted by Crippen LogP contribution is 2.30. The van der Waals surface area contributed by atoms with Crippen LogP contribution < -0.4 is 5.43 Å². The number of fused-ring (bicyclic) bond motifs is 1. The Morgan fingerprint density at radius 3 is 2.67 bits per heavy atom. The molecule has 0 spiro atoms. The van der Waals surface area contributed by atoms with E-state index in [2.05, 4.69) is 42.4 Å². The summed E-state index contributed by atoms with van der Waals surface area (Å²) in [7, 11) is 0. The fraction of sp³-hybridized carbons (Fsp3) is 0. The predicted octanol–water partition coefficient (Wildman–Crippen LogP) is 4.83. The molecule has 24 heavy (non-hydrogen) atoms. The lowest BCUT2D eigenvalue weighted by molar-refractivity contribution is 0.0957. The second-order valence-corrected chi connectivity index (χ2v) is 6.82. The summed E-state index contributed by atoms with van der Waals surface area (Å²) in [6.07, 6.45) is 1.40. The molecule has 3 rings (SSSR count). The van der Waals surface area contributed by atoms with Crippen LogP contribution in [0.4, 0.5) is 0 Å². The van der Waals surface area contributed by atoms with Gasteiger partial charge in [0.25, 0.3) is 5.91 Å². The van der Waals surface area contributed by atoms with Crippen LogP contribution >= 0.6 is 31.9 Å². The summed E-state index contributed by atoms with van der Waals surface area (Å²) in [5.74, 6) is -0.252. The molecule has 4 nitrogen and oxygen atoms in total. The maximum absolute atomic E-state index is 12.4. The third-order valence-electron chi connectivity index (χ3n) is 3.46. The molecule has 0 fully saturated rings. The van der Waals surface area contributed by atoms with Gasteiger partial charge < -0.3 is 5.11 Å². The molecule has 0 unspecified atom stereocenters. The van der Waals surface area contributed by atoms with Crippen LogP contribution in [0, 0.1) is 0 Å². The number of hydrogen-bond acceptors (Lipinski definition) is 3. The average Bonchev–Trinajstić information content (AvgIpc) is 2.58. The van der Waals surface area contributed by atoms with E-state index in [1.165, 1.54) is 6.21 Å². The third-order valence-corrected chi connectivity index (χ3v) is 4.52. The van der Waals surface area contributed by atoms with E-state index in [0.29, 0.717) is 15.6 Å². The van der Waals surface area contributed by atoms with E-state index >= 15 is 0 Å². The zero-order chi connectivity index (χ0) is 17.1. The van der Waals surface area contributed by atoms with Gasteiger partial charge in [-0.25, -0.2) is 5.43 Å². The molecule has 0 aliphatic carbocycles. The highest BCUT2D eigenvalue weighted by molar-refractivity contribution is 9.11. The van der Waals surface area contributed by atoms with Gasteiger partial charge >= 0.3 is 0 Å². The number of nitrogens with zero attached hydrogens (tertiary/aromatic N) is 1. The van der Waals surface area contributed by atoms with Gasteiger partial charge in [-0.2, -0.15) is 5.10 Å². The molecule has 1 amide bonds. The monoisotopic (exact) mass is 446 g/mol. The molecule has 0 aliphatic heterocycles. The first-order valence-corrected chi connectivity index (χ1v) is 8.64. The Balaban J connectivity index is 1.83. The maximum Gasteiger partial charge on any atom is 0.271 e. The van der Waals surface area contributed by atoms with E-state index in [9.17, 15) is 9.90 Å². The first-order chi connectivity index (χ1) is 11.6. The van der Waals surface area contributed by atoms with Crippen molar-refractivity contribution in [1.82, 2.24) is 5.43 Å². The Labute approximate surface area is 155 Å². The first-order valence-electron chi connectivity index (χ1n) is 7.05. The van der Waals surface area contributed by atoms with Gasteiger partial charge in [0, 0.05) is 15.6 Å². The quantitative estimate of drug-likeness (QED) is 0.446. The standard InChI is InChI=1S/C18H12Br2N2O2/c19-13-8-12(17(23)16(20)9-13)10-21-22-18(24)15-7-3-5-11-4-1-2-6-14(11)15/h1-10,23H,(H,22,24)/b21-10+. The van der Waals surface area contributed by atoms with Crippen molar-refractivity contribution in [2.75, 3.05) is 0 Å². The van der Waals surface area contributed by atoms with Crippen LogP contribution in [0.15, 0.2) is 68.6 Å². The van der Waals surface area contributed by atoms with E-state index in [1.54, 1.807) is 18.2 Å². The largest absolute Gasteiger partial charge is 0.506 e. The second-order valence-electron chi connectivity index (χ2n) is 5.05. The summed E-state index contributed by atoms with van der Waals surface area (Å²) in [6, 6.07) is 16.6. The highest BCUT2D eigenvalue weighted by atomic mass is 79.9. The number of phenols is 1. The minimum absolute atomic E-state index is 0.0568. The van der Waals surface area contributed by atoms with Crippen molar-refractivity contribution in [3.8, 4) is 5.75 Å². The van der Waals surface area contributed by atoms with Gasteiger partial charge in [0.1, 0.15) is 5.75 Å². The lowest BCUT2D eigenvalue weighted by Crippen LogP contribution is -2.17. The Bertz CT molecular complexity index is 950. The Hall–Kier alpha value is -2.18. The number of carbonyl (C=O) groups is 1. The zero-order valence-electron chi connectivity index (χ0n) is 12.3. The van der Waals surface area contributed by atoms with Crippen molar-refractivity contribution in [3.63, 3.8) is 0 Å². The van der Waals surface area contributed by atoms with Crippen molar-refractivity contribution in [2.45, 2.75) is 0 Å². The van der Waals surface area contributed by atoms with Crippen molar-refractivity contribution in [3.05, 3.63) is 74.7 Å². The smallest absolute Gasteiger partial charge is 0.271 e. The summed E-state index contributed by atoms with van der Waals surface area (Å²) in [6.45, 7) is 0. The minimum atomic E-state index is -0.309. The van der Waals surface area contributed by atoms with Crippen molar-refractivity contribution in [2.24, 2.45) is 5.10 Å². The van der Waals surface area contributed by atoms with Gasteiger partial charge in [-0.1, -0.05) is 52.3 Å². The van der Waals surface area contributed by atoms with Crippen LogP contribution in [0.2, 0.25) is 0 Å². The molecule has 3 aromatic carbocycles. The summed E-state index contributed by atoms with van der Waals surface area (Å²) in [4.78, 5) is 12.4. The topological polar surface area (TPSA) is 61.7 Å². The molecular formula is C18H12Br2N2O2. The number of nitrogens with one attached hydrogen (secondary N) is 1. The van der Waals surface area contributed by atoms with E-state index in [1.807, 2.05) is 36.4 Å². The van der Waals surface area contributed by atoms with Gasteiger partial charge in [0.15, 0.2) is 0 Å². The fourth-order valence-electron chi connectivity index (χ4n) is 2.33. The Morgan fingerprint density at radius 1 is 1.08 bits per heavy atom. The number of rotatable bonds is 3. The predicted molar refractivity (Wildman–Crippen MR) is 103 cm³/mol. The van der Waals surface area contributed by atoms with E-state index < -0.39 is 0 Å². The van der Waals surface area contributed by atoms with Gasteiger partial charge in [-0.05, 0) is 44.9 Å². The number of benzene rings is 3. The molecule has 0 radical (unpaired) electrons. The molecule has 0 saturated carbocycles. The number of halogens is 2. The van der Waals surface area contributed by atoms with Crippen LogP contribution in [0.5, 0.6) is 5.75 Å². The second kappa shape index (κ2) is 7.15. The van der Waals surface area contributed by atoms with Crippen LogP contribution in [-0.2, 0) is 0 Å². The van der Waals surface area contributed by atoms with E-state index in [-0.39, 0.29) is 11.7 Å². The SMILES string of the molecule is O=C(N/N=C/c1cc(Br)cc(Br)c1O)c1cccc2ccccc12. The molecule has 0 saturated heterocycles. The highest BCUT2D eigenvalue weighted by Gasteiger charge is 2.09. The molecule has 0 heterocycles. The van der Waals surface area contributed by atoms with Gasteiger partial charge in [0.05, 0.1) is 10.7 Å². The fourth-order valence-corrected chi connectivity index (χ4v) is 3.59. The maximum atomic E-state index is 12.4. The molecule has 120 valence electrons. The normalized spacial score (nSPS) is 11.1. The number of carbonyl (C=O) groups excluding carboxylic acids is 1. The van der Waals surface area contributed by atoms with Crippen LogP contribution in [-0.4, -0.2) is 17.2 Å².